The van der Waals surface area contributed by atoms with E-state index >= 15 is 0 Å². The molecule has 2 aromatic carbocycles. The minimum atomic E-state index is -3.55. The van der Waals surface area contributed by atoms with Crippen LogP contribution in [-0.4, -0.2) is 15.5 Å². The van der Waals surface area contributed by atoms with E-state index in [1.54, 1.807) is 37.4 Å². The third-order valence-electron chi connectivity index (χ3n) is 3.58. The number of rotatable bonds is 7. The van der Waals surface area contributed by atoms with E-state index in [2.05, 4.69) is 18.6 Å². The maximum absolute atomic E-state index is 12.6. The standard InChI is InChI=1S/C18H23NO3S/c1-14(2)13-18(15-9-11-16(22-3)12-10-15)19-23(20,21)17-7-5-4-6-8-17/h4-12,14,18-19H,13H2,1-3H3/t18-/m0/s1. The lowest BCUT2D eigenvalue weighted by molar-refractivity contribution is 0.414. The number of sulfonamides is 1. The first kappa shape index (κ1) is 17.5. The van der Waals surface area contributed by atoms with Crippen LogP contribution >= 0.6 is 0 Å². The lowest BCUT2D eigenvalue weighted by Crippen LogP contribution is -2.29. The molecule has 23 heavy (non-hydrogen) atoms. The van der Waals surface area contributed by atoms with E-state index in [0.717, 1.165) is 17.7 Å². The molecule has 2 rings (SSSR count). The average molecular weight is 333 g/mol. The number of hydrogen-bond donors (Lipinski definition) is 1. The van der Waals surface area contributed by atoms with E-state index in [4.69, 9.17) is 4.74 Å². The molecule has 0 unspecified atom stereocenters. The van der Waals surface area contributed by atoms with Crippen molar-refractivity contribution in [2.45, 2.75) is 31.2 Å². The molecule has 0 fully saturated rings. The Morgan fingerprint density at radius 1 is 1.00 bits per heavy atom. The van der Waals surface area contributed by atoms with Crippen LogP contribution in [0.2, 0.25) is 0 Å². The molecule has 0 saturated carbocycles. The van der Waals surface area contributed by atoms with Crippen LogP contribution in [0, 0.1) is 5.92 Å². The van der Waals surface area contributed by atoms with Gasteiger partial charge in [0.1, 0.15) is 5.75 Å². The van der Waals surface area contributed by atoms with E-state index in [9.17, 15) is 8.42 Å². The molecule has 0 bridgehead atoms. The van der Waals surface area contributed by atoms with E-state index in [1.165, 1.54) is 0 Å². The third-order valence-corrected chi connectivity index (χ3v) is 5.06. The van der Waals surface area contributed by atoms with E-state index in [0.29, 0.717) is 5.92 Å². The molecule has 124 valence electrons. The Kier molecular flexibility index (Phi) is 5.80. The molecule has 0 aliphatic carbocycles. The summed E-state index contributed by atoms with van der Waals surface area (Å²) in [6, 6.07) is 15.7. The Bertz CT molecular complexity index is 710. The van der Waals surface area contributed by atoms with Crippen molar-refractivity contribution in [3.05, 3.63) is 60.2 Å². The first-order valence-corrected chi connectivity index (χ1v) is 9.12. The highest BCUT2D eigenvalue weighted by Crippen LogP contribution is 2.25. The summed E-state index contributed by atoms with van der Waals surface area (Å²) < 4.78 is 33.2. The Morgan fingerprint density at radius 2 is 1.61 bits per heavy atom. The highest BCUT2D eigenvalue weighted by atomic mass is 32.2. The molecule has 2 aromatic rings. The Balaban J connectivity index is 2.28. The second kappa shape index (κ2) is 7.62. The van der Waals surface area contributed by atoms with Gasteiger partial charge < -0.3 is 4.74 Å². The molecular formula is C18H23NO3S. The van der Waals surface area contributed by atoms with Gasteiger partial charge in [-0.15, -0.1) is 0 Å². The lowest BCUT2D eigenvalue weighted by atomic mass is 9.98. The molecule has 4 nitrogen and oxygen atoms in total. The van der Waals surface area contributed by atoms with Crippen LogP contribution in [0.25, 0.3) is 0 Å². The second-order valence-corrected chi connectivity index (χ2v) is 7.60. The van der Waals surface area contributed by atoms with Crippen LogP contribution in [0.3, 0.4) is 0 Å². The van der Waals surface area contributed by atoms with Crippen LogP contribution in [0.5, 0.6) is 5.75 Å². The zero-order valence-electron chi connectivity index (χ0n) is 13.7. The predicted molar refractivity (Wildman–Crippen MR) is 92.0 cm³/mol. The number of nitrogens with one attached hydrogen (secondary N) is 1. The first-order valence-electron chi connectivity index (χ1n) is 7.63. The fraction of sp³-hybridized carbons (Fsp3) is 0.333. The summed E-state index contributed by atoms with van der Waals surface area (Å²) in [5, 5.41) is 0. The molecule has 0 radical (unpaired) electrons. The third kappa shape index (κ3) is 4.81. The minimum absolute atomic E-state index is 0.272. The fourth-order valence-corrected chi connectivity index (χ4v) is 3.67. The average Bonchev–Trinajstić information content (AvgIpc) is 2.54. The molecule has 0 aliphatic heterocycles. The summed E-state index contributed by atoms with van der Waals surface area (Å²) >= 11 is 0. The van der Waals surface area contributed by atoms with Crippen molar-refractivity contribution in [1.82, 2.24) is 4.72 Å². The highest BCUT2D eigenvalue weighted by molar-refractivity contribution is 7.89. The maximum Gasteiger partial charge on any atom is 0.241 e. The Morgan fingerprint density at radius 3 is 2.13 bits per heavy atom. The van der Waals surface area contributed by atoms with Crippen molar-refractivity contribution < 1.29 is 13.2 Å². The van der Waals surface area contributed by atoms with Crippen LogP contribution in [0.1, 0.15) is 31.9 Å². The number of benzene rings is 2. The van der Waals surface area contributed by atoms with Crippen molar-refractivity contribution in [3.8, 4) is 5.75 Å². The van der Waals surface area contributed by atoms with Crippen LogP contribution in [0.15, 0.2) is 59.5 Å². The largest absolute Gasteiger partial charge is 0.497 e. The smallest absolute Gasteiger partial charge is 0.241 e. The fourth-order valence-electron chi connectivity index (χ4n) is 2.41. The normalized spacial score (nSPS) is 13.0. The van der Waals surface area contributed by atoms with Gasteiger partial charge in [-0.25, -0.2) is 13.1 Å². The van der Waals surface area contributed by atoms with Crippen molar-refractivity contribution in [2.24, 2.45) is 5.92 Å². The maximum atomic E-state index is 12.6. The molecule has 0 amide bonds. The molecule has 1 N–H and O–H groups in total. The summed E-state index contributed by atoms with van der Waals surface area (Å²) in [4.78, 5) is 0.280. The Hall–Kier alpha value is -1.85. The van der Waals surface area contributed by atoms with Gasteiger partial charge in [0, 0.05) is 6.04 Å². The van der Waals surface area contributed by atoms with Crippen LogP contribution in [-0.2, 0) is 10.0 Å². The molecule has 1 atom stereocenters. The van der Waals surface area contributed by atoms with E-state index in [-0.39, 0.29) is 10.9 Å². The summed E-state index contributed by atoms with van der Waals surface area (Å²) in [7, 11) is -1.94. The zero-order chi connectivity index (χ0) is 16.9. The first-order chi connectivity index (χ1) is 10.9. The van der Waals surface area contributed by atoms with Gasteiger partial charge in [-0.2, -0.15) is 0 Å². The van der Waals surface area contributed by atoms with Gasteiger partial charge in [0.25, 0.3) is 0 Å². The van der Waals surface area contributed by atoms with Crippen molar-refractivity contribution >= 4 is 10.0 Å². The van der Waals surface area contributed by atoms with Gasteiger partial charge in [0.15, 0.2) is 0 Å². The van der Waals surface area contributed by atoms with Crippen molar-refractivity contribution in [1.29, 1.82) is 0 Å². The molecular weight excluding hydrogens is 310 g/mol. The van der Waals surface area contributed by atoms with Gasteiger partial charge in [-0.05, 0) is 42.2 Å². The van der Waals surface area contributed by atoms with Crippen LogP contribution in [0.4, 0.5) is 0 Å². The van der Waals surface area contributed by atoms with E-state index in [1.807, 2.05) is 24.3 Å². The summed E-state index contributed by atoms with van der Waals surface area (Å²) in [6.45, 7) is 4.15. The molecule has 0 heterocycles. The molecule has 0 aliphatic rings. The quantitative estimate of drug-likeness (QED) is 0.839. The van der Waals surface area contributed by atoms with Crippen LogP contribution < -0.4 is 9.46 Å². The molecule has 0 spiro atoms. The van der Waals surface area contributed by atoms with Crippen molar-refractivity contribution in [3.63, 3.8) is 0 Å². The van der Waals surface area contributed by atoms with E-state index < -0.39 is 10.0 Å². The Labute approximate surface area is 138 Å². The molecule has 0 saturated heterocycles. The number of methoxy groups -OCH3 is 1. The molecule has 0 aromatic heterocycles. The summed E-state index contributed by atoms with van der Waals surface area (Å²) in [5.74, 6) is 1.11. The monoisotopic (exact) mass is 333 g/mol. The van der Waals surface area contributed by atoms with Gasteiger partial charge in [0.05, 0.1) is 12.0 Å². The van der Waals surface area contributed by atoms with Gasteiger partial charge in [0.2, 0.25) is 10.0 Å². The lowest BCUT2D eigenvalue weighted by Gasteiger charge is -2.21. The second-order valence-electron chi connectivity index (χ2n) is 5.89. The zero-order valence-corrected chi connectivity index (χ0v) is 14.5. The summed E-state index contributed by atoms with van der Waals surface area (Å²) in [5.41, 5.74) is 0.930. The van der Waals surface area contributed by atoms with Gasteiger partial charge >= 0.3 is 0 Å². The topological polar surface area (TPSA) is 55.4 Å². The van der Waals surface area contributed by atoms with Gasteiger partial charge in [-0.3, -0.25) is 0 Å². The molecule has 5 heteroatoms. The minimum Gasteiger partial charge on any atom is -0.497 e. The van der Waals surface area contributed by atoms with Crippen molar-refractivity contribution in [2.75, 3.05) is 7.11 Å². The predicted octanol–water partition coefficient (Wildman–Crippen LogP) is 3.76. The number of hydrogen-bond acceptors (Lipinski definition) is 3. The number of ether oxygens (including phenoxy) is 1. The van der Waals surface area contributed by atoms with Gasteiger partial charge in [-0.1, -0.05) is 44.2 Å². The summed E-state index contributed by atoms with van der Waals surface area (Å²) in [6.07, 6.45) is 0.721. The SMILES string of the molecule is COc1ccc([C@H](CC(C)C)NS(=O)(=O)c2ccccc2)cc1. The highest BCUT2D eigenvalue weighted by Gasteiger charge is 2.22.